The van der Waals surface area contributed by atoms with Crippen molar-refractivity contribution in [3.05, 3.63) is 0 Å². The molecule has 0 heterocycles. The number of rotatable bonds is 8. The van der Waals surface area contributed by atoms with Gasteiger partial charge in [-0.05, 0) is 20.3 Å². The van der Waals surface area contributed by atoms with E-state index >= 15 is 0 Å². The first-order valence-electron chi connectivity index (χ1n) is 5.51. The largest absolute Gasteiger partial charge is 0.466 e. The van der Waals surface area contributed by atoms with Gasteiger partial charge < -0.3 is 9.47 Å². The van der Waals surface area contributed by atoms with Crippen LogP contribution in [0.25, 0.3) is 0 Å². The Bertz CT molecular complexity index is 367. The smallest absolute Gasteiger partial charge is 0.421 e. The summed E-state index contributed by atoms with van der Waals surface area (Å²) >= 11 is 0. The lowest BCUT2D eigenvalue weighted by Crippen LogP contribution is -2.41. The number of hydrogen-bond donors (Lipinski definition) is 2. The quantitative estimate of drug-likeness (QED) is 0.475. The van der Waals surface area contributed by atoms with Gasteiger partial charge in [0.05, 0.1) is 13.2 Å². The number of esters is 1. The third kappa shape index (κ3) is 8.76. The van der Waals surface area contributed by atoms with E-state index in [0.717, 1.165) is 0 Å². The average Bonchev–Trinajstić information content (AvgIpc) is 2.24. The van der Waals surface area contributed by atoms with Crippen molar-refractivity contribution in [1.29, 1.82) is 0 Å². The first kappa shape index (κ1) is 16.6. The molecule has 9 heteroatoms. The summed E-state index contributed by atoms with van der Waals surface area (Å²) in [5.74, 6) is -0.393. The van der Waals surface area contributed by atoms with E-state index in [9.17, 15) is 18.0 Å². The summed E-state index contributed by atoms with van der Waals surface area (Å²) in [5.41, 5.74) is 0. The summed E-state index contributed by atoms with van der Waals surface area (Å²) in [7, 11) is -3.94. The van der Waals surface area contributed by atoms with E-state index in [1.54, 1.807) is 18.6 Å². The summed E-state index contributed by atoms with van der Waals surface area (Å²) in [6, 6.07) is 0. The second kappa shape index (κ2) is 8.70. The Hall–Kier alpha value is -1.35. The SMILES string of the molecule is CCOC(=O)CCCNS(=O)(=O)NC(=O)OCC. The molecular weight excluding hydrogens is 264 g/mol. The lowest BCUT2D eigenvalue weighted by atomic mass is 10.3. The van der Waals surface area contributed by atoms with Gasteiger partial charge in [0.1, 0.15) is 0 Å². The van der Waals surface area contributed by atoms with Gasteiger partial charge in [0.15, 0.2) is 0 Å². The molecule has 18 heavy (non-hydrogen) atoms. The van der Waals surface area contributed by atoms with Crippen LogP contribution in [0.3, 0.4) is 0 Å². The molecule has 0 rings (SSSR count). The number of carbonyl (C=O) groups excluding carboxylic acids is 2. The van der Waals surface area contributed by atoms with E-state index in [2.05, 4.69) is 14.2 Å². The standard InChI is InChI=1S/C9H18N2O6S/c1-3-16-8(12)6-5-7-10-18(14,15)11-9(13)17-4-2/h10H,3-7H2,1-2H3,(H,11,13). The molecule has 0 fully saturated rings. The fraction of sp³-hybridized carbons (Fsp3) is 0.778. The number of nitrogens with one attached hydrogen (secondary N) is 2. The molecule has 0 bridgehead atoms. The fourth-order valence-electron chi connectivity index (χ4n) is 0.979. The summed E-state index contributed by atoms with van der Waals surface area (Å²) in [6.07, 6.45) is -0.659. The minimum atomic E-state index is -3.94. The molecule has 0 aromatic rings. The molecule has 0 aliphatic rings. The Morgan fingerprint density at radius 1 is 1.11 bits per heavy atom. The van der Waals surface area contributed by atoms with Crippen molar-refractivity contribution in [2.75, 3.05) is 19.8 Å². The van der Waals surface area contributed by atoms with Gasteiger partial charge in [-0.15, -0.1) is 0 Å². The zero-order valence-corrected chi connectivity index (χ0v) is 11.2. The van der Waals surface area contributed by atoms with Gasteiger partial charge >= 0.3 is 22.3 Å². The van der Waals surface area contributed by atoms with Gasteiger partial charge in [0, 0.05) is 13.0 Å². The molecule has 0 radical (unpaired) electrons. The van der Waals surface area contributed by atoms with Gasteiger partial charge in [-0.2, -0.15) is 13.1 Å². The summed E-state index contributed by atoms with van der Waals surface area (Å²) in [6.45, 7) is 3.62. The molecule has 0 aromatic carbocycles. The summed E-state index contributed by atoms with van der Waals surface area (Å²) < 4.78 is 35.3. The molecule has 0 unspecified atom stereocenters. The third-order valence-electron chi connectivity index (χ3n) is 1.65. The van der Waals surface area contributed by atoms with Crippen LogP contribution in [0.15, 0.2) is 0 Å². The maximum atomic E-state index is 11.2. The normalized spacial score (nSPS) is 10.8. The highest BCUT2D eigenvalue weighted by molar-refractivity contribution is 7.88. The van der Waals surface area contributed by atoms with E-state index in [-0.39, 0.29) is 32.6 Å². The van der Waals surface area contributed by atoms with Gasteiger partial charge in [-0.25, -0.2) is 9.52 Å². The van der Waals surface area contributed by atoms with E-state index in [0.29, 0.717) is 0 Å². The minimum Gasteiger partial charge on any atom is -0.466 e. The first-order valence-corrected chi connectivity index (χ1v) is 6.99. The molecule has 0 spiro atoms. The van der Waals surface area contributed by atoms with Crippen molar-refractivity contribution in [1.82, 2.24) is 9.44 Å². The Labute approximate surface area is 106 Å². The highest BCUT2D eigenvalue weighted by atomic mass is 32.2. The lowest BCUT2D eigenvalue weighted by molar-refractivity contribution is -0.143. The van der Waals surface area contributed by atoms with Crippen LogP contribution < -0.4 is 9.44 Å². The Kier molecular flexibility index (Phi) is 8.05. The van der Waals surface area contributed by atoms with Crippen molar-refractivity contribution in [3.63, 3.8) is 0 Å². The van der Waals surface area contributed by atoms with Crippen LogP contribution in [0.5, 0.6) is 0 Å². The zero-order valence-electron chi connectivity index (χ0n) is 10.4. The molecule has 0 atom stereocenters. The van der Waals surface area contributed by atoms with Crippen molar-refractivity contribution in [2.24, 2.45) is 0 Å². The summed E-state index contributed by atoms with van der Waals surface area (Å²) in [5, 5.41) is 0. The third-order valence-corrected chi connectivity index (χ3v) is 2.67. The Morgan fingerprint density at radius 2 is 1.72 bits per heavy atom. The van der Waals surface area contributed by atoms with E-state index in [1.807, 2.05) is 0 Å². The maximum absolute atomic E-state index is 11.2. The molecule has 0 aliphatic heterocycles. The molecule has 0 saturated carbocycles. The lowest BCUT2D eigenvalue weighted by Gasteiger charge is -2.07. The van der Waals surface area contributed by atoms with E-state index in [1.165, 1.54) is 0 Å². The maximum Gasteiger partial charge on any atom is 0.421 e. The predicted octanol–water partition coefficient (Wildman–Crippen LogP) is -0.0898. The van der Waals surface area contributed by atoms with Crippen molar-refractivity contribution in [3.8, 4) is 0 Å². The molecule has 2 N–H and O–H groups in total. The number of ether oxygens (including phenoxy) is 2. The topological polar surface area (TPSA) is 111 Å². The number of carbonyl (C=O) groups is 2. The average molecular weight is 282 g/mol. The molecule has 0 aromatic heterocycles. The second-order valence-electron chi connectivity index (χ2n) is 3.13. The van der Waals surface area contributed by atoms with Crippen LogP contribution in [0.4, 0.5) is 4.79 Å². The Morgan fingerprint density at radius 3 is 2.28 bits per heavy atom. The molecule has 1 amide bonds. The van der Waals surface area contributed by atoms with Crippen LogP contribution in [-0.2, 0) is 24.5 Å². The molecular formula is C9H18N2O6S. The van der Waals surface area contributed by atoms with Crippen LogP contribution in [0.1, 0.15) is 26.7 Å². The van der Waals surface area contributed by atoms with E-state index < -0.39 is 22.3 Å². The second-order valence-corrected chi connectivity index (χ2v) is 4.63. The number of amides is 1. The minimum absolute atomic E-state index is 0.0214. The molecule has 106 valence electrons. The van der Waals surface area contributed by atoms with Gasteiger partial charge in [0.2, 0.25) is 0 Å². The van der Waals surface area contributed by atoms with Crippen LogP contribution in [-0.4, -0.2) is 40.2 Å². The fourth-order valence-corrected chi connectivity index (χ4v) is 1.74. The van der Waals surface area contributed by atoms with Gasteiger partial charge in [0.25, 0.3) is 0 Å². The van der Waals surface area contributed by atoms with Crippen molar-refractivity contribution >= 4 is 22.3 Å². The Balaban J connectivity index is 3.84. The number of hydrogen-bond acceptors (Lipinski definition) is 6. The highest BCUT2D eigenvalue weighted by Crippen LogP contribution is 1.92. The summed E-state index contributed by atoms with van der Waals surface area (Å²) in [4.78, 5) is 21.8. The van der Waals surface area contributed by atoms with Gasteiger partial charge in [-0.3, -0.25) is 4.79 Å². The van der Waals surface area contributed by atoms with Crippen LogP contribution in [0, 0.1) is 0 Å². The van der Waals surface area contributed by atoms with Crippen LogP contribution >= 0.6 is 0 Å². The highest BCUT2D eigenvalue weighted by Gasteiger charge is 2.14. The van der Waals surface area contributed by atoms with Crippen molar-refractivity contribution in [2.45, 2.75) is 26.7 Å². The van der Waals surface area contributed by atoms with E-state index in [4.69, 9.17) is 0 Å². The zero-order chi connectivity index (χ0) is 14.0. The molecule has 0 aliphatic carbocycles. The first-order chi connectivity index (χ1) is 8.41. The van der Waals surface area contributed by atoms with Crippen LogP contribution in [0.2, 0.25) is 0 Å². The van der Waals surface area contributed by atoms with Crippen molar-refractivity contribution < 1.29 is 27.5 Å². The van der Waals surface area contributed by atoms with Gasteiger partial charge in [-0.1, -0.05) is 0 Å². The molecule has 8 nitrogen and oxygen atoms in total. The monoisotopic (exact) mass is 282 g/mol. The predicted molar refractivity (Wildman–Crippen MR) is 62.9 cm³/mol. The molecule has 0 saturated heterocycles.